The second kappa shape index (κ2) is 12.3. The van der Waals surface area contributed by atoms with Gasteiger partial charge in [-0.15, -0.1) is 0 Å². The number of nitrogens with one attached hydrogen (secondary N) is 2. The van der Waals surface area contributed by atoms with Crippen LogP contribution in [0.25, 0.3) is 10.9 Å². The standard InChI is InChI=1S/C37H49N7O3/c1-36(2)24-37(3,4)34(36)40-33(46)26-8-9-31(38-22-26)42-18-10-25(11-19-42)23-41-16-12-27(13-17-41)43-20-14-28-29(43)6-5-7-30(28)44-21-15-32(45)39-35(44)47/h5-9,14,20,22,25,27,34H,10-13,15-19,21,23-24H2,1-4H3,(H,40,46)(H,39,45,47). The number of rotatable bonds is 7. The summed E-state index contributed by atoms with van der Waals surface area (Å²) in [5.74, 6) is 1.40. The van der Waals surface area contributed by atoms with Crippen LogP contribution in [0.2, 0.25) is 0 Å². The second-order valence-corrected chi connectivity index (χ2v) is 15.6. The Kier molecular flexibility index (Phi) is 8.27. The van der Waals surface area contributed by atoms with Crippen molar-refractivity contribution in [2.24, 2.45) is 16.7 Å². The summed E-state index contributed by atoms with van der Waals surface area (Å²) in [4.78, 5) is 48.5. The maximum atomic E-state index is 13.0. The van der Waals surface area contributed by atoms with E-state index in [1.165, 1.54) is 0 Å². The van der Waals surface area contributed by atoms with E-state index in [0.29, 0.717) is 30.5 Å². The lowest BCUT2D eigenvalue weighted by Crippen LogP contribution is -2.63. The van der Waals surface area contributed by atoms with Gasteiger partial charge in [0.2, 0.25) is 5.91 Å². The van der Waals surface area contributed by atoms with Crippen molar-refractivity contribution in [3.05, 3.63) is 54.4 Å². The van der Waals surface area contributed by atoms with Gasteiger partial charge < -0.3 is 19.7 Å². The highest BCUT2D eigenvalue weighted by atomic mass is 16.2. The molecule has 4 aliphatic rings. The number of urea groups is 1. The van der Waals surface area contributed by atoms with Crippen LogP contribution in [-0.4, -0.2) is 77.6 Å². The molecule has 3 aliphatic heterocycles. The second-order valence-electron chi connectivity index (χ2n) is 15.6. The molecule has 0 atom stereocenters. The molecule has 0 unspecified atom stereocenters. The normalized spacial score (nSPS) is 22.7. The molecule has 7 rings (SSSR count). The van der Waals surface area contributed by atoms with Crippen LogP contribution in [0.4, 0.5) is 16.3 Å². The van der Waals surface area contributed by atoms with Gasteiger partial charge in [-0.05, 0) is 79.2 Å². The van der Waals surface area contributed by atoms with Gasteiger partial charge in [0.1, 0.15) is 5.82 Å². The lowest BCUT2D eigenvalue weighted by atomic mass is 9.52. The van der Waals surface area contributed by atoms with E-state index in [4.69, 9.17) is 4.98 Å². The first kappa shape index (κ1) is 31.7. The summed E-state index contributed by atoms with van der Waals surface area (Å²) in [6.07, 6.45) is 9.84. The van der Waals surface area contributed by atoms with E-state index in [0.717, 1.165) is 87.2 Å². The molecule has 250 valence electrons. The third kappa shape index (κ3) is 6.24. The Labute approximate surface area is 277 Å². The Morgan fingerprint density at radius 2 is 1.68 bits per heavy atom. The van der Waals surface area contributed by atoms with Crippen molar-refractivity contribution in [3.8, 4) is 0 Å². The summed E-state index contributed by atoms with van der Waals surface area (Å²) in [5.41, 5.74) is 2.88. The molecule has 3 aromatic rings. The van der Waals surface area contributed by atoms with Crippen LogP contribution in [0.3, 0.4) is 0 Å². The summed E-state index contributed by atoms with van der Waals surface area (Å²) < 4.78 is 2.39. The zero-order valence-corrected chi connectivity index (χ0v) is 28.3. The number of hydrogen-bond acceptors (Lipinski definition) is 6. The SMILES string of the molecule is CC1(C)CC(C)(C)C1NC(=O)c1ccc(N2CCC(CN3CCC(n4ccc5c(N6CCC(=O)NC6=O)cccc54)CC3)CC2)nc1. The highest BCUT2D eigenvalue weighted by molar-refractivity contribution is 6.09. The van der Waals surface area contributed by atoms with E-state index in [9.17, 15) is 14.4 Å². The van der Waals surface area contributed by atoms with Gasteiger partial charge in [-0.1, -0.05) is 33.8 Å². The van der Waals surface area contributed by atoms with Crippen LogP contribution >= 0.6 is 0 Å². The number of amides is 4. The van der Waals surface area contributed by atoms with E-state index in [2.05, 4.69) is 71.0 Å². The van der Waals surface area contributed by atoms with Gasteiger partial charge in [0, 0.05) is 75.6 Å². The van der Waals surface area contributed by atoms with Crippen LogP contribution in [0.5, 0.6) is 0 Å². The topological polar surface area (TPSA) is 103 Å². The Morgan fingerprint density at radius 3 is 2.34 bits per heavy atom. The molecule has 1 saturated carbocycles. The zero-order chi connectivity index (χ0) is 32.9. The van der Waals surface area contributed by atoms with E-state index >= 15 is 0 Å². The predicted octanol–water partition coefficient (Wildman–Crippen LogP) is 5.59. The van der Waals surface area contributed by atoms with Gasteiger partial charge in [0.25, 0.3) is 5.91 Å². The Hall–Kier alpha value is -3.92. The fraction of sp³-hybridized carbons (Fsp3) is 0.568. The van der Waals surface area contributed by atoms with Crippen molar-refractivity contribution in [2.75, 3.05) is 49.1 Å². The Balaban J connectivity index is 0.886. The minimum absolute atomic E-state index is 0.0303. The molecule has 4 fully saturated rings. The third-order valence-electron chi connectivity index (χ3n) is 11.2. The summed E-state index contributed by atoms with van der Waals surface area (Å²) in [7, 11) is 0. The van der Waals surface area contributed by atoms with Crippen LogP contribution < -0.4 is 20.4 Å². The van der Waals surface area contributed by atoms with Gasteiger partial charge in [0.05, 0.1) is 16.8 Å². The first-order valence-electron chi connectivity index (χ1n) is 17.4. The number of pyridine rings is 1. The van der Waals surface area contributed by atoms with Crippen LogP contribution in [0.1, 0.15) is 82.6 Å². The molecule has 0 spiro atoms. The Bertz CT molecular complexity index is 1630. The molecule has 2 N–H and O–H groups in total. The van der Waals surface area contributed by atoms with Crippen molar-refractivity contribution in [1.82, 2.24) is 25.1 Å². The Morgan fingerprint density at radius 1 is 0.936 bits per heavy atom. The van der Waals surface area contributed by atoms with Crippen molar-refractivity contribution < 1.29 is 14.4 Å². The molecular weight excluding hydrogens is 590 g/mol. The molecule has 3 saturated heterocycles. The van der Waals surface area contributed by atoms with Gasteiger partial charge in [-0.3, -0.25) is 19.8 Å². The fourth-order valence-electron chi connectivity index (χ4n) is 9.23. The van der Waals surface area contributed by atoms with Crippen molar-refractivity contribution >= 4 is 40.3 Å². The number of likely N-dealkylation sites (tertiary alicyclic amines) is 1. The summed E-state index contributed by atoms with van der Waals surface area (Å²) in [6.45, 7) is 14.6. The van der Waals surface area contributed by atoms with Crippen LogP contribution in [-0.2, 0) is 4.79 Å². The highest BCUT2D eigenvalue weighted by Gasteiger charge is 2.53. The van der Waals surface area contributed by atoms with Crippen LogP contribution in [0, 0.1) is 16.7 Å². The number of carbonyl (C=O) groups is 3. The quantitative estimate of drug-likeness (QED) is 0.350. The van der Waals surface area contributed by atoms with E-state index < -0.39 is 0 Å². The van der Waals surface area contributed by atoms with Crippen LogP contribution in [0.15, 0.2) is 48.8 Å². The number of anilines is 2. The van der Waals surface area contributed by atoms with E-state index in [-0.39, 0.29) is 34.7 Å². The molecule has 10 heteroatoms. The third-order valence-corrected chi connectivity index (χ3v) is 11.2. The predicted molar refractivity (Wildman–Crippen MR) is 185 cm³/mol. The minimum Gasteiger partial charge on any atom is -0.357 e. The number of imide groups is 1. The van der Waals surface area contributed by atoms with Gasteiger partial charge in [-0.25, -0.2) is 9.78 Å². The summed E-state index contributed by atoms with van der Waals surface area (Å²) >= 11 is 0. The molecule has 1 aromatic carbocycles. The summed E-state index contributed by atoms with van der Waals surface area (Å²) in [6, 6.07) is 12.4. The van der Waals surface area contributed by atoms with Gasteiger partial charge in [-0.2, -0.15) is 0 Å². The number of aromatic nitrogens is 2. The van der Waals surface area contributed by atoms with Crippen molar-refractivity contribution in [2.45, 2.75) is 78.3 Å². The molecule has 2 aromatic heterocycles. The van der Waals surface area contributed by atoms with Gasteiger partial charge in [0.15, 0.2) is 0 Å². The zero-order valence-electron chi connectivity index (χ0n) is 28.3. The van der Waals surface area contributed by atoms with Gasteiger partial charge >= 0.3 is 6.03 Å². The lowest BCUT2D eigenvalue weighted by molar-refractivity contribution is -0.120. The maximum Gasteiger partial charge on any atom is 0.328 e. The van der Waals surface area contributed by atoms with E-state index in [1.54, 1.807) is 11.1 Å². The number of nitrogens with zero attached hydrogens (tertiary/aromatic N) is 5. The minimum atomic E-state index is -0.341. The number of hydrogen-bond donors (Lipinski definition) is 2. The molecule has 1 aliphatic carbocycles. The monoisotopic (exact) mass is 639 g/mol. The molecule has 0 bridgehead atoms. The maximum absolute atomic E-state index is 13.0. The fourth-order valence-corrected chi connectivity index (χ4v) is 9.23. The molecular formula is C37H49N7O3. The first-order chi connectivity index (χ1) is 22.5. The smallest absolute Gasteiger partial charge is 0.328 e. The highest BCUT2D eigenvalue weighted by Crippen LogP contribution is 2.53. The summed E-state index contributed by atoms with van der Waals surface area (Å²) in [5, 5.41) is 6.77. The van der Waals surface area contributed by atoms with Crippen molar-refractivity contribution in [3.63, 3.8) is 0 Å². The van der Waals surface area contributed by atoms with Crippen molar-refractivity contribution in [1.29, 1.82) is 0 Å². The molecule has 5 heterocycles. The number of fused-ring (bicyclic) bond motifs is 1. The lowest BCUT2D eigenvalue weighted by Gasteiger charge is -2.57. The first-order valence-corrected chi connectivity index (χ1v) is 17.4. The number of carbonyl (C=O) groups excluding carboxylic acids is 3. The average Bonchev–Trinajstić information content (AvgIpc) is 3.49. The molecule has 4 amide bonds. The molecule has 47 heavy (non-hydrogen) atoms. The number of benzene rings is 1. The average molecular weight is 640 g/mol. The molecule has 10 nitrogen and oxygen atoms in total. The molecule has 0 radical (unpaired) electrons. The largest absolute Gasteiger partial charge is 0.357 e. The van der Waals surface area contributed by atoms with E-state index in [1.807, 2.05) is 24.3 Å². The number of piperidine rings is 2.